The normalized spacial score (nSPS) is 10.6. The van der Waals surface area contributed by atoms with Gasteiger partial charge in [0.15, 0.2) is 0 Å². The van der Waals surface area contributed by atoms with Crippen molar-refractivity contribution < 1.29 is 0 Å². The average Bonchev–Trinajstić information content (AvgIpc) is 2.49. The number of nitrogens with two attached hydrogens (primary N) is 1. The third kappa shape index (κ3) is 3.08. The average molecular weight is 337 g/mol. The molecule has 0 bridgehead atoms. The molecule has 0 aliphatic carbocycles. The van der Waals surface area contributed by atoms with Gasteiger partial charge in [0.05, 0.1) is 11.9 Å². The van der Waals surface area contributed by atoms with Crippen molar-refractivity contribution in [3.8, 4) is 0 Å². The fraction of sp³-hybridized carbons (Fsp3) is 0.286. The van der Waals surface area contributed by atoms with Crippen molar-refractivity contribution in [2.75, 3.05) is 5.32 Å². The van der Waals surface area contributed by atoms with Crippen molar-refractivity contribution in [2.45, 2.75) is 26.6 Å². The molecule has 1 aromatic carbocycles. The minimum atomic E-state index is -0.135. The van der Waals surface area contributed by atoms with E-state index in [1.165, 1.54) is 4.68 Å². The molecule has 0 aliphatic heterocycles. The van der Waals surface area contributed by atoms with E-state index in [2.05, 4.69) is 26.3 Å². The molecule has 0 aliphatic rings. The van der Waals surface area contributed by atoms with E-state index in [0.717, 1.165) is 11.1 Å². The summed E-state index contributed by atoms with van der Waals surface area (Å²) in [6, 6.07) is 7.95. The maximum absolute atomic E-state index is 11.9. The first kappa shape index (κ1) is 14.7. The van der Waals surface area contributed by atoms with E-state index in [0.29, 0.717) is 29.8 Å². The highest BCUT2D eigenvalue weighted by Crippen LogP contribution is 2.18. The summed E-state index contributed by atoms with van der Waals surface area (Å²) >= 11 is 3.32. The Bertz CT molecular complexity index is 654. The van der Waals surface area contributed by atoms with Crippen molar-refractivity contribution in [3.63, 3.8) is 0 Å². The van der Waals surface area contributed by atoms with Gasteiger partial charge in [-0.25, -0.2) is 4.68 Å². The fourth-order valence-corrected chi connectivity index (χ4v) is 2.38. The van der Waals surface area contributed by atoms with E-state index in [1.54, 1.807) is 6.20 Å². The van der Waals surface area contributed by atoms with Crippen LogP contribution in [0.1, 0.15) is 18.1 Å². The van der Waals surface area contributed by atoms with Crippen LogP contribution in [-0.2, 0) is 19.6 Å². The SMILES string of the molecule is CCn1ncc(NCc2ccccc2CN)c(Br)c1=O. The molecular weight excluding hydrogens is 320 g/mol. The summed E-state index contributed by atoms with van der Waals surface area (Å²) in [5.41, 5.74) is 8.46. The molecule has 2 rings (SSSR count). The molecule has 0 amide bonds. The molecule has 1 aromatic heterocycles. The number of hydrogen-bond donors (Lipinski definition) is 2. The van der Waals surface area contributed by atoms with E-state index < -0.39 is 0 Å². The molecule has 0 saturated heterocycles. The molecule has 3 N–H and O–H groups in total. The van der Waals surface area contributed by atoms with Crippen LogP contribution in [0.2, 0.25) is 0 Å². The Kier molecular flexibility index (Phi) is 4.92. The number of hydrogen-bond acceptors (Lipinski definition) is 4. The minimum absolute atomic E-state index is 0.135. The third-order valence-corrected chi connectivity index (χ3v) is 3.86. The lowest BCUT2D eigenvalue weighted by Crippen LogP contribution is -2.23. The zero-order chi connectivity index (χ0) is 14.5. The quantitative estimate of drug-likeness (QED) is 0.876. The van der Waals surface area contributed by atoms with Crippen molar-refractivity contribution in [2.24, 2.45) is 5.73 Å². The predicted octanol–water partition coefficient (Wildman–Crippen LogP) is 2.10. The number of anilines is 1. The van der Waals surface area contributed by atoms with Gasteiger partial charge in [-0.2, -0.15) is 5.10 Å². The molecule has 2 aromatic rings. The Labute approximate surface area is 125 Å². The van der Waals surface area contributed by atoms with Crippen LogP contribution in [0.4, 0.5) is 5.69 Å². The topological polar surface area (TPSA) is 72.9 Å². The molecule has 106 valence electrons. The van der Waals surface area contributed by atoms with E-state index in [9.17, 15) is 4.79 Å². The van der Waals surface area contributed by atoms with Crippen molar-refractivity contribution >= 4 is 21.6 Å². The van der Waals surface area contributed by atoms with Gasteiger partial charge >= 0.3 is 0 Å². The van der Waals surface area contributed by atoms with Gasteiger partial charge in [-0.05, 0) is 34.0 Å². The number of aryl methyl sites for hydroxylation is 1. The number of aromatic nitrogens is 2. The number of halogens is 1. The Morgan fingerprint density at radius 1 is 1.35 bits per heavy atom. The fourth-order valence-electron chi connectivity index (χ4n) is 1.93. The lowest BCUT2D eigenvalue weighted by Gasteiger charge is -2.12. The molecule has 0 spiro atoms. The molecule has 6 heteroatoms. The first-order chi connectivity index (χ1) is 9.67. The highest BCUT2D eigenvalue weighted by Gasteiger charge is 2.08. The maximum Gasteiger partial charge on any atom is 0.283 e. The number of rotatable bonds is 5. The van der Waals surface area contributed by atoms with E-state index >= 15 is 0 Å². The first-order valence-corrected chi connectivity index (χ1v) is 7.23. The predicted molar refractivity (Wildman–Crippen MR) is 83.5 cm³/mol. The highest BCUT2D eigenvalue weighted by molar-refractivity contribution is 9.10. The second-order valence-corrected chi connectivity index (χ2v) is 5.11. The van der Waals surface area contributed by atoms with Crippen LogP contribution in [0.5, 0.6) is 0 Å². The molecule has 0 fully saturated rings. The largest absolute Gasteiger partial charge is 0.379 e. The Morgan fingerprint density at radius 3 is 2.70 bits per heavy atom. The van der Waals surface area contributed by atoms with E-state index in [1.807, 2.05) is 31.2 Å². The van der Waals surface area contributed by atoms with Gasteiger partial charge < -0.3 is 11.1 Å². The van der Waals surface area contributed by atoms with E-state index in [-0.39, 0.29) is 5.56 Å². The van der Waals surface area contributed by atoms with E-state index in [4.69, 9.17) is 5.73 Å². The minimum Gasteiger partial charge on any atom is -0.379 e. The van der Waals surface area contributed by atoms with Crippen molar-refractivity contribution in [3.05, 3.63) is 56.4 Å². The summed E-state index contributed by atoms with van der Waals surface area (Å²) < 4.78 is 1.91. The van der Waals surface area contributed by atoms with Crippen LogP contribution in [0.3, 0.4) is 0 Å². The monoisotopic (exact) mass is 336 g/mol. The molecule has 0 unspecified atom stereocenters. The summed E-state index contributed by atoms with van der Waals surface area (Å²) in [7, 11) is 0. The van der Waals surface area contributed by atoms with Gasteiger partial charge in [0.25, 0.3) is 5.56 Å². The smallest absolute Gasteiger partial charge is 0.283 e. The number of nitrogens with zero attached hydrogens (tertiary/aromatic N) is 2. The highest BCUT2D eigenvalue weighted by atomic mass is 79.9. The van der Waals surface area contributed by atoms with Crippen LogP contribution >= 0.6 is 15.9 Å². The number of benzene rings is 1. The second-order valence-electron chi connectivity index (χ2n) is 4.32. The molecular formula is C14H17BrN4O. The summed E-state index contributed by atoms with van der Waals surface area (Å²) in [5, 5.41) is 7.32. The number of nitrogens with one attached hydrogen (secondary N) is 1. The van der Waals surface area contributed by atoms with Crippen LogP contribution in [0, 0.1) is 0 Å². The maximum atomic E-state index is 11.9. The lowest BCUT2D eigenvalue weighted by molar-refractivity contribution is 0.613. The van der Waals surface area contributed by atoms with Crippen LogP contribution in [0.15, 0.2) is 39.7 Å². The van der Waals surface area contributed by atoms with Crippen LogP contribution < -0.4 is 16.6 Å². The van der Waals surface area contributed by atoms with Gasteiger partial charge in [-0.1, -0.05) is 24.3 Å². The molecule has 0 radical (unpaired) electrons. The van der Waals surface area contributed by atoms with Gasteiger partial charge in [0.1, 0.15) is 4.47 Å². The van der Waals surface area contributed by atoms with Crippen molar-refractivity contribution in [1.29, 1.82) is 0 Å². The molecule has 0 atom stereocenters. The van der Waals surface area contributed by atoms with Gasteiger partial charge in [0, 0.05) is 19.6 Å². The molecule has 0 saturated carbocycles. The molecule has 1 heterocycles. The van der Waals surface area contributed by atoms with Gasteiger partial charge in [0.2, 0.25) is 0 Å². The Morgan fingerprint density at radius 2 is 2.05 bits per heavy atom. The Hall–Kier alpha value is -1.66. The standard InChI is InChI=1S/C14H17BrN4O/c1-2-19-14(20)13(15)12(9-18-19)17-8-11-6-4-3-5-10(11)7-16/h3-6,9,17H,2,7-8,16H2,1H3. The van der Waals surface area contributed by atoms with Crippen LogP contribution in [-0.4, -0.2) is 9.78 Å². The summed E-state index contributed by atoms with van der Waals surface area (Å²) in [6.45, 7) is 3.52. The summed E-state index contributed by atoms with van der Waals surface area (Å²) in [4.78, 5) is 11.9. The van der Waals surface area contributed by atoms with Crippen molar-refractivity contribution in [1.82, 2.24) is 9.78 Å². The van der Waals surface area contributed by atoms with Crippen LogP contribution in [0.25, 0.3) is 0 Å². The molecule has 5 nitrogen and oxygen atoms in total. The third-order valence-electron chi connectivity index (χ3n) is 3.09. The zero-order valence-electron chi connectivity index (χ0n) is 11.3. The summed E-state index contributed by atoms with van der Waals surface area (Å²) in [5.74, 6) is 0. The zero-order valence-corrected chi connectivity index (χ0v) is 12.9. The second kappa shape index (κ2) is 6.67. The molecule has 20 heavy (non-hydrogen) atoms. The Balaban J connectivity index is 2.19. The first-order valence-electron chi connectivity index (χ1n) is 6.43. The lowest BCUT2D eigenvalue weighted by atomic mass is 10.1. The summed E-state index contributed by atoms with van der Waals surface area (Å²) in [6.07, 6.45) is 1.65. The van der Waals surface area contributed by atoms with Gasteiger partial charge in [-0.15, -0.1) is 0 Å². The van der Waals surface area contributed by atoms with Gasteiger partial charge in [-0.3, -0.25) is 4.79 Å².